The third kappa shape index (κ3) is 3.68. The van der Waals surface area contributed by atoms with Crippen molar-refractivity contribution in [2.24, 2.45) is 5.41 Å². The average Bonchev–Trinajstić information content (AvgIpc) is 2.83. The average molecular weight is 311 g/mol. The molecule has 1 atom stereocenters. The van der Waals surface area contributed by atoms with Crippen LogP contribution in [0.25, 0.3) is 0 Å². The molecule has 6 heteroatoms. The third-order valence-corrected chi connectivity index (χ3v) is 3.47. The zero-order valence-electron chi connectivity index (χ0n) is 12.9. The molecule has 0 N–H and O–H groups in total. The van der Waals surface area contributed by atoms with Crippen LogP contribution in [0.2, 0.25) is 0 Å². The van der Waals surface area contributed by atoms with Gasteiger partial charge >= 0.3 is 5.97 Å². The van der Waals surface area contributed by atoms with Crippen molar-refractivity contribution in [3.05, 3.63) is 35.4 Å². The first kappa shape index (κ1) is 16.5. The Hall–Kier alpha value is -1.82. The summed E-state index contributed by atoms with van der Waals surface area (Å²) < 4.78 is 26.5. The Morgan fingerprint density at radius 1 is 1.18 bits per heavy atom. The van der Waals surface area contributed by atoms with E-state index in [9.17, 15) is 18.4 Å². The Morgan fingerprint density at radius 2 is 1.77 bits per heavy atom. The fraction of sp³-hybridized carbons (Fsp3) is 0.500. The summed E-state index contributed by atoms with van der Waals surface area (Å²) in [5.41, 5.74) is -0.748. The van der Waals surface area contributed by atoms with Gasteiger partial charge in [0.2, 0.25) is 0 Å². The van der Waals surface area contributed by atoms with Gasteiger partial charge in [-0.1, -0.05) is 0 Å². The van der Waals surface area contributed by atoms with Gasteiger partial charge in [0, 0.05) is 18.2 Å². The minimum atomic E-state index is -0.806. The van der Waals surface area contributed by atoms with E-state index in [-0.39, 0.29) is 5.56 Å². The van der Waals surface area contributed by atoms with E-state index in [1.807, 2.05) is 0 Å². The molecule has 120 valence electrons. The molecule has 1 aromatic rings. The number of hydroxylamine groups is 2. The van der Waals surface area contributed by atoms with Crippen LogP contribution >= 0.6 is 0 Å². The zero-order chi connectivity index (χ0) is 16.5. The second kappa shape index (κ2) is 6.12. The molecule has 0 amide bonds. The minimum Gasteiger partial charge on any atom is -0.367 e. The Morgan fingerprint density at radius 3 is 2.32 bits per heavy atom. The second-order valence-corrected chi connectivity index (χ2v) is 6.45. The number of carbonyl (C=O) groups is 2. The van der Waals surface area contributed by atoms with Crippen molar-refractivity contribution < 1.29 is 23.2 Å². The number of carbonyl (C=O) groups excluding carboxylic acids is 2. The molecule has 2 rings (SSSR count). The van der Waals surface area contributed by atoms with Crippen LogP contribution in [0.5, 0.6) is 0 Å². The van der Waals surface area contributed by atoms with Crippen LogP contribution in [-0.2, 0) is 9.63 Å². The van der Waals surface area contributed by atoms with Crippen molar-refractivity contribution in [3.63, 3.8) is 0 Å². The van der Waals surface area contributed by atoms with Crippen molar-refractivity contribution >= 4 is 11.8 Å². The van der Waals surface area contributed by atoms with Crippen molar-refractivity contribution in [3.8, 4) is 0 Å². The summed E-state index contributed by atoms with van der Waals surface area (Å²) in [6.07, 6.45) is 1.15. The van der Waals surface area contributed by atoms with Crippen LogP contribution in [0, 0.1) is 17.0 Å². The molecule has 0 saturated carbocycles. The number of nitrogens with zero attached hydrogens (tertiary/aromatic N) is 1. The van der Waals surface area contributed by atoms with E-state index in [0.717, 1.165) is 12.1 Å². The molecular weight excluding hydrogens is 292 g/mol. The predicted octanol–water partition coefficient (Wildman–Crippen LogP) is 3.12. The van der Waals surface area contributed by atoms with Gasteiger partial charge in [-0.25, -0.2) is 13.6 Å². The van der Waals surface area contributed by atoms with E-state index < -0.39 is 34.8 Å². The lowest BCUT2D eigenvalue weighted by Crippen LogP contribution is -2.40. The molecule has 0 aliphatic carbocycles. The molecule has 1 heterocycles. The summed E-state index contributed by atoms with van der Waals surface area (Å²) in [5, 5.41) is 1.32. The summed E-state index contributed by atoms with van der Waals surface area (Å²) >= 11 is 0. The van der Waals surface area contributed by atoms with Crippen molar-refractivity contribution in [1.82, 2.24) is 5.06 Å². The summed E-state index contributed by atoms with van der Waals surface area (Å²) in [4.78, 5) is 29.6. The zero-order valence-corrected chi connectivity index (χ0v) is 12.9. The van der Waals surface area contributed by atoms with Gasteiger partial charge in [-0.15, -0.1) is 5.06 Å². The Labute approximate surface area is 128 Å². The lowest BCUT2D eigenvalue weighted by Gasteiger charge is -2.26. The van der Waals surface area contributed by atoms with Crippen molar-refractivity contribution in [2.45, 2.75) is 39.7 Å². The molecule has 1 aliphatic heterocycles. The van der Waals surface area contributed by atoms with E-state index >= 15 is 0 Å². The Balaban J connectivity index is 2.16. The molecular formula is C16H19F2NO3. The van der Waals surface area contributed by atoms with Gasteiger partial charge in [0.25, 0.3) is 0 Å². The molecule has 0 spiro atoms. The predicted molar refractivity (Wildman–Crippen MR) is 76.0 cm³/mol. The van der Waals surface area contributed by atoms with E-state index in [4.69, 9.17) is 4.84 Å². The van der Waals surface area contributed by atoms with Crippen LogP contribution in [0.4, 0.5) is 8.78 Å². The van der Waals surface area contributed by atoms with E-state index in [1.165, 1.54) is 5.06 Å². The Kier molecular flexibility index (Phi) is 4.60. The molecule has 22 heavy (non-hydrogen) atoms. The molecule has 1 aromatic carbocycles. The first-order chi connectivity index (χ1) is 10.2. The van der Waals surface area contributed by atoms with Crippen LogP contribution in [0.15, 0.2) is 18.2 Å². The maximum absolute atomic E-state index is 13.2. The summed E-state index contributed by atoms with van der Waals surface area (Å²) in [7, 11) is 0. The topological polar surface area (TPSA) is 46.6 Å². The molecule has 1 aliphatic rings. The maximum Gasteiger partial charge on any atom is 0.330 e. The highest BCUT2D eigenvalue weighted by Gasteiger charge is 2.36. The van der Waals surface area contributed by atoms with Gasteiger partial charge < -0.3 is 4.84 Å². The van der Waals surface area contributed by atoms with Gasteiger partial charge in [0.15, 0.2) is 5.78 Å². The number of halogens is 2. The first-order valence-electron chi connectivity index (χ1n) is 7.18. The molecule has 4 nitrogen and oxygen atoms in total. The normalized spacial score (nSPS) is 19.2. The first-order valence-corrected chi connectivity index (χ1v) is 7.18. The summed E-state index contributed by atoms with van der Waals surface area (Å²) in [5.74, 6) is -2.51. The van der Waals surface area contributed by atoms with Crippen LogP contribution < -0.4 is 0 Å². The molecule has 1 fully saturated rings. The summed E-state index contributed by atoms with van der Waals surface area (Å²) in [6.45, 7) is 5.56. The molecule has 0 unspecified atom stereocenters. The quantitative estimate of drug-likeness (QED) is 0.805. The number of Topliss-reactive ketones (excluding diaryl/α,β-unsaturated/α-hetero) is 1. The molecule has 0 aromatic heterocycles. The monoisotopic (exact) mass is 311 g/mol. The van der Waals surface area contributed by atoms with Gasteiger partial charge in [0.05, 0.1) is 5.41 Å². The smallest absolute Gasteiger partial charge is 0.330 e. The summed E-state index contributed by atoms with van der Waals surface area (Å²) in [6, 6.07) is 2.00. The maximum atomic E-state index is 13.2. The number of benzene rings is 1. The fourth-order valence-corrected chi connectivity index (χ4v) is 2.24. The fourth-order valence-electron chi connectivity index (χ4n) is 2.24. The largest absolute Gasteiger partial charge is 0.367 e. The van der Waals surface area contributed by atoms with Crippen molar-refractivity contribution in [1.29, 1.82) is 0 Å². The van der Waals surface area contributed by atoms with E-state index in [2.05, 4.69) is 0 Å². The van der Waals surface area contributed by atoms with Gasteiger partial charge in [-0.05, 0) is 45.7 Å². The standard InChI is InChI=1S/C16H19F2NO3/c1-16(2,3)15(21)22-19-6-4-5-13(19)14(20)10-7-11(17)9-12(18)8-10/h7-9,13H,4-6H2,1-3H3/t13-/m1/s1. The lowest BCUT2D eigenvalue weighted by molar-refractivity contribution is -0.200. The van der Waals surface area contributed by atoms with Crippen LogP contribution in [-0.4, -0.2) is 29.4 Å². The highest BCUT2D eigenvalue weighted by Crippen LogP contribution is 2.25. The third-order valence-electron chi connectivity index (χ3n) is 3.47. The number of hydrogen-bond donors (Lipinski definition) is 0. The van der Waals surface area contributed by atoms with Gasteiger partial charge in [-0.3, -0.25) is 4.79 Å². The second-order valence-electron chi connectivity index (χ2n) is 6.45. The number of ketones is 1. The Bertz CT molecular complexity index is 575. The van der Waals surface area contributed by atoms with Crippen LogP contribution in [0.3, 0.4) is 0 Å². The highest BCUT2D eigenvalue weighted by atomic mass is 19.1. The molecule has 0 bridgehead atoms. The molecule has 1 saturated heterocycles. The highest BCUT2D eigenvalue weighted by molar-refractivity contribution is 6.00. The van der Waals surface area contributed by atoms with Gasteiger partial charge in [0.1, 0.15) is 17.7 Å². The van der Waals surface area contributed by atoms with Crippen LogP contribution in [0.1, 0.15) is 44.0 Å². The minimum absolute atomic E-state index is 0.0544. The van der Waals surface area contributed by atoms with E-state index in [0.29, 0.717) is 25.5 Å². The lowest BCUT2D eigenvalue weighted by atomic mass is 9.98. The number of hydrogen-bond acceptors (Lipinski definition) is 4. The molecule has 0 radical (unpaired) electrons. The van der Waals surface area contributed by atoms with Crippen molar-refractivity contribution in [2.75, 3.05) is 6.54 Å². The number of rotatable bonds is 3. The van der Waals surface area contributed by atoms with E-state index in [1.54, 1.807) is 20.8 Å². The van der Waals surface area contributed by atoms with Gasteiger partial charge in [-0.2, -0.15) is 0 Å². The SMILES string of the molecule is CC(C)(C)C(=O)ON1CCC[C@@H]1C(=O)c1cc(F)cc(F)c1.